The number of nitrogens with zero attached hydrogens (tertiary/aromatic N) is 3. The van der Waals surface area contributed by atoms with Gasteiger partial charge in [0.2, 0.25) is 5.16 Å². The summed E-state index contributed by atoms with van der Waals surface area (Å²) in [7, 11) is 0. The van der Waals surface area contributed by atoms with E-state index in [1.807, 2.05) is 6.07 Å². The van der Waals surface area contributed by atoms with Crippen LogP contribution in [0.1, 0.15) is 5.56 Å². The first-order valence-electron chi connectivity index (χ1n) is 6.58. The van der Waals surface area contributed by atoms with Gasteiger partial charge < -0.3 is 5.84 Å². The molecule has 23 heavy (non-hydrogen) atoms. The Morgan fingerprint density at radius 2 is 1.83 bits per heavy atom. The lowest BCUT2D eigenvalue weighted by molar-refractivity contribution is 0.628. The van der Waals surface area contributed by atoms with E-state index in [0.29, 0.717) is 32.3 Å². The molecular formula is C15H11Cl2FN4S. The van der Waals surface area contributed by atoms with Gasteiger partial charge in [-0.05, 0) is 42.0 Å². The number of rotatable bonds is 4. The van der Waals surface area contributed by atoms with Crippen LogP contribution < -0.4 is 5.84 Å². The van der Waals surface area contributed by atoms with Crippen LogP contribution in [0.2, 0.25) is 10.0 Å². The van der Waals surface area contributed by atoms with E-state index in [4.69, 9.17) is 29.0 Å². The molecule has 0 aliphatic rings. The Kier molecular flexibility index (Phi) is 4.75. The summed E-state index contributed by atoms with van der Waals surface area (Å²) in [6.45, 7) is 0. The maximum Gasteiger partial charge on any atom is 0.210 e. The molecule has 8 heteroatoms. The van der Waals surface area contributed by atoms with Gasteiger partial charge in [0.05, 0.1) is 0 Å². The van der Waals surface area contributed by atoms with Crippen LogP contribution in [0, 0.1) is 5.82 Å². The van der Waals surface area contributed by atoms with Crippen molar-refractivity contribution in [3.63, 3.8) is 0 Å². The molecule has 0 saturated heterocycles. The molecule has 118 valence electrons. The van der Waals surface area contributed by atoms with Crippen molar-refractivity contribution in [2.45, 2.75) is 10.9 Å². The van der Waals surface area contributed by atoms with Gasteiger partial charge in [0.1, 0.15) is 5.82 Å². The smallest absolute Gasteiger partial charge is 0.210 e. The number of benzene rings is 2. The van der Waals surface area contributed by atoms with Gasteiger partial charge in [-0.2, -0.15) is 0 Å². The third-order valence-electron chi connectivity index (χ3n) is 3.14. The van der Waals surface area contributed by atoms with Gasteiger partial charge in [-0.15, -0.1) is 10.2 Å². The van der Waals surface area contributed by atoms with E-state index >= 15 is 0 Å². The monoisotopic (exact) mass is 368 g/mol. The summed E-state index contributed by atoms with van der Waals surface area (Å²) in [5, 5.41) is 9.83. The van der Waals surface area contributed by atoms with E-state index < -0.39 is 0 Å². The standard InChI is InChI=1S/C15H11Cl2FN4S/c16-11-4-1-10(13(17)7-11)8-23-15-21-20-14(22(15)19)9-2-5-12(18)6-3-9/h1-7H,8,19H2. The maximum absolute atomic E-state index is 13.0. The molecule has 0 bridgehead atoms. The molecule has 0 radical (unpaired) electrons. The molecule has 0 amide bonds. The molecule has 0 aliphatic carbocycles. The summed E-state index contributed by atoms with van der Waals surface area (Å²) in [6.07, 6.45) is 0. The third kappa shape index (κ3) is 3.60. The highest BCUT2D eigenvalue weighted by Crippen LogP contribution is 2.28. The Morgan fingerprint density at radius 1 is 1.09 bits per heavy atom. The zero-order chi connectivity index (χ0) is 16.4. The predicted octanol–water partition coefficient (Wildman–Crippen LogP) is 4.40. The second-order valence-electron chi connectivity index (χ2n) is 4.71. The molecule has 0 saturated carbocycles. The van der Waals surface area contributed by atoms with Crippen LogP contribution in [0.4, 0.5) is 4.39 Å². The summed E-state index contributed by atoms with van der Waals surface area (Å²) in [5.41, 5.74) is 1.62. The van der Waals surface area contributed by atoms with Crippen molar-refractivity contribution in [1.29, 1.82) is 0 Å². The van der Waals surface area contributed by atoms with Crippen LogP contribution in [-0.2, 0) is 5.75 Å². The minimum Gasteiger partial charge on any atom is -0.335 e. The Hall–Kier alpha value is -1.76. The van der Waals surface area contributed by atoms with Crippen LogP contribution in [0.5, 0.6) is 0 Å². The molecule has 1 heterocycles. The van der Waals surface area contributed by atoms with Gasteiger partial charge in [0, 0.05) is 21.4 Å². The normalized spacial score (nSPS) is 10.9. The number of nitrogen functional groups attached to an aromatic ring is 1. The van der Waals surface area contributed by atoms with Crippen molar-refractivity contribution in [3.8, 4) is 11.4 Å². The highest BCUT2D eigenvalue weighted by atomic mass is 35.5. The Bertz CT molecular complexity index is 836. The van der Waals surface area contributed by atoms with Gasteiger partial charge in [0.15, 0.2) is 5.82 Å². The Balaban J connectivity index is 1.78. The fourth-order valence-electron chi connectivity index (χ4n) is 1.95. The molecular weight excluding hydrogens is 358 g/mol. The predicted molar refractivity (Wildman–Crippen MR) is 91.6 cm³/mol. The summed E-state index contributed by atoms with van der Waals surface area (Å²) >= 11 is 13.4. The van der Waals surface area contributed by atoms with Crippen LogP contribution in [0.25, 0.3) is 11.4 Å². The zero-order valence-electron chi connectivity index (χ0n) is 11.7. The first kappa shape index (κ1) is 16.1. The fourth-order valence-corrected chi connectivity index (χ4v) is 3.37. The van der Waals surface area contributed by atoms with Crippen LogP contribution in [-0.4, -0.2) is 14.9 Å². The fraction of sp³-hybridized carbons (Fsp3) is 0.0667. The molecule has 2 N–H and O–H groups in total. The lowest BCUT2D eigenvalue weighted by Gasteiger charge is -2.05. The number of halogens is 3. The van der Waals surface area contributed by atoms with E-state index in [2.05, 4.69) is 10.2 Å². The average molecular weight is 369 g/mol. The van der Waals surface area contributed by atoms with Gasteiger partial charge >= 0.3 is 0 Å². The summed E-state index contributed by atoms with van der Waals surface area (Å²) < 4.78 is 14.4. The number of aromatic nitrogens is 3. The Morgan fingerprint density at radius 3 is 2.52 bits per heavy atom. The quantitative estimate of drug-likeness (QED) is 0.547. The number of hydrogen-bond donors (Lipinski definition) is 1. The molecule has 3 aromatic rings. The molecule has 0 unspecified atom stereocenters. The second kappa shape index (κ2) is 6.78. The van der Waals surface area contributed by atoms with Crippen molar-refractivity contribution in [2.24, 2.45) is 0 Å². The topological polar surface area (TPSA) is 56.7 Å². The number of nitrogens with two attached hydrogens (primary N) is 1. The summed E-state index contributed by atoms with van der Waals surface area (Å²) in [5.74, 6) is 6.75. The molecule has 2 aromatic carbocycles. The third-order valence-corrected chi connectivity index (χ3v) is 4.72. The van der Waals surface area contributed by atoms with Gasteiger partial charge in [-0.1, -0.05) is 41.0 Å². The highest BCUT2D eigenvalue weighted by Gasteiger charge is 2.13. The summed E-state index contributed by atoms with van der Waals surface area (Å²) in [6, 6.07) is 11.2. The van der Waals surface area contributed by atoms with E-state index in [1.54, 1.807) is 24.3 Å². The number of thioether (sulfide) groups is 1. The molecule has 3 rings (SSSR count). The van der Waals surface area contributed by atoms with E-state index in [9.17, 15) is 4.39 Å². The molecule has 0 aliphatic heterocycles. The minimum atomic E-state index is -0.316. The Labute approximate surface area is 146 Å². The van der Waals surface area contributed by atoms with Crippen molar-refractivity contribution in [3.05, 3.63) is 63.9 Å². The van der Waals surface area contributed by atoms with E-state index in [-0.39, 0.29) is 5.82 Å². The molecule has 0 fully saturated rings. The second-order valence-corrected chi connectivity index (χ2v) is 6.49. The minimum absolute atomic E-state index is 0.316. The van der Waals surface area contributed by atoms with Crippen molar-refractivity contribution < 1.29 is 4.39 Å². The maximum atomic E-state index is 13.0. The van der Waals surface area contributed by atoms with Crippen LogP contribution in [0.15, 0.2) is 47.6 Å². The van der Waals surface area contributed by atoms with Crippen molar-refractivity contribution in [2.75, 3.05) is 5.84 Å². The first-order valence-corrected chi connectivity index (χ1v) is 8.32. The SMILES string of the molecule is Nn1c(SCc2ccc(Cl)cc2Cl)nnc1-c1ccc(F)cc1. The summed E-state index contributed by atoms with van der Waals surface area (Å²) in [4.78, 5) is 0. The van der Waals surface area contributed by atoms with Gasteiger partial charge in [-0.25, -0.2) is 9.07 Å². The van der Waals surface area contributed by atoms with Crippen LogP contribution in [0.3, 0.4) is 0 Å². The van der Waals surface area contributed by atoms with Crippen molar-refractivity contribution >= 4 is 35.0 Å². The molecule has 0 atom stereocenters. The lowest BCUT2D eigenvalue weighted by atomic mass is 10.2. The molecule has 1 aromatic heterocycles. The van der Waals surface area contributed by atoms with E-state index in [0.717, 1.165) is 5.56 Å². The highest BCUT2D eigenvalue weighted by molar-refractivity contribution is 7.98. The lowest BCUT2D eigenvalue weighted by Crippen LogP contribution is -2.11. The van der Waals surface area contributed by atoms with Gasteiger partial charge in [-0.3, -0.25) is 0 Å². The number of hydrogen-bond acceptors (Lipinski definition) is 4. The first-order chi connectivity index (χ1) is 11.0. The van der Waals surface area contributed by atoms with E-state index in [1.165, 1.54) is 28.6 Å². The average Bonchev–Trinajstić information content (AvgIpc) is 2.88. The zero-order valence-corrected chi connectivity index (χ0v) is 14.0. The van der Waals surface area contributed by atoms with Gasteiger partial charge in [0.25, 0.3) is 0 Å². The molecule has 4 nitrogen and oxygen atoms in total. The molecule has 0 spiro atoms. The largest absolute Gasteiger partial charge is 0.335 e. The van der Waals surface area contributed by atoms with Crippen molar-refractivity contribution in [1.82, 2.24) is 14.9 Å². The van der Waals surface area contributed by atoms with Crippen LogP contribution >= 0.6 is 35.0 Å².